The van der Waals surface area contributed by atoms with E-state index < -0.39 is 0 Å². The summed E-state index contributed by atoms with van der Waals surface area (Å²) in [5, 5.41) is 2.97. The quantitative estimate of drug-likeness (QED) is 0.818. The highest BCUT2D eigenvalue weighted by Gasteiger charge is 2.24. The molecule has 1 amide bonds. The maximum absolute atomic E-state index is 13.5. The van der Waals surface area contributed by atoms with Gasteiger partial charge in [0.2, 0.25) is 0 Å². The highest BCUT2D eigenvalue weighted by Crippen LogP contribution is 2.36. The third-order valence-electron chi connectivity index (χ3n) is 3.32. The molecular formula is C15H12BrFN2OS. The zero-order valence-electron chi connectivity index (χ0n) is 11.0. The van der Waals surface area contributed by atoms with Crippen LogP contribution in [0.3, 0.4) is 0 Å². The molecule has 1 N–H and O–H groups in total. The van der Waals surface area contributed by atoms with Crippen LogP contribution < -0.4 is 5.32 Å². The van der Waals surface area contributed by atoms with E-state index >= 15 is 0 Å². The van der Waals surface area contributed by atoms with Gasteiger partial charge in [0.05, 0.1) is 11.6 Å². The second kappa shape index (κ2) is 6.15. The number of amides is 1. The average molecular weight is 367 g/mol. The molecule has 3 rings (SSSR count). The Kier molecular flexibility index (Phi) is 4.26. The van der Waals surface area contributed by atoms with Crippen molar-refractivity contribution in [1.29, 1.82) is 0 Å². The molecule has 0 radical (unpaired) electrons. The van der Waals surface area contributed by atoms with Crippen molar-refractivity contribution in [3.05, 3.63) is 58.1 Å². The molecule has 6 heteroatoms. The second-order valence-corrected chi connectivity index (χ2v) is 6.57. The van der Waals surface area contributed by atoms with E-state index in [2.05, 4.69) is 26.2 Å². The Morgan fingerprint density at radius 3 is 3.10 bits per heavy atom. The van der Waals surface area contributed by atoms with Crippen LogP contribution in [0.5, 0.6) is 0 Å². The zero-order chi connectivity index (χ0) is 14.8. The van der Waals surface area contributed by atoms with Crippen LogP contribution in [0.15, 0.2) is 46.0 Å². The molecule has 21 heavy (non-hydrogen) atoms. The minimum absolute atomic E-state index is 0.170. The summed E-state index contributed by atoms with van der Waals surface area (Å²) >= 11 is 4.96. The Labute approximate surface area is 134 Å². The van der Waals surface area contributed by atoms with Crippen molar-refractivity contribution in [3.8, 4) is 0 Å². The molecule has 2 heterocycles. The number of hydrogen-bond acceptors (Lipinski definition) is 3. The lowest BCUT2D eigenvalue weighted by molar-refractivity contribution is 0.0933. The fourth-order valence-corrected chi connectivity index (χ4v) is 3.84. The van der Waals surface area contributed by atoms with Crippen molar-refractivity contribution < 1.29 is 9.18 Å². The van der Waals surface area contributed by atoms with Gasteiger partial charge >= 0.3 is 0 Å². The van der Waals surface area contributed by atoms with Gasteiger partial charge in [-0.1, -0.05) is 0 Å². The van der Waals surface area contributed by atoms with E-state index in [4.69, 9.17) is 0 Å². The van der Waals surface area contributed by atoms with Gasteiger partial charge in [0, 0.05) is 16.8 Å². The van der Waals surface area contributed by atoms with Crippen molar-refractivity contribution in [2.75, 3.05) is 5.75 Å². The molecule has 1 unspecified atom stereocenters. The average Bonchev–Trinajstić information content (AvgIpc) is 2.48. The number of nitrogens with one attached hydrogen (secondary N) is 1. The van der Waals surface area contributed by atoms with Crippen molar-refractivity contribution in [2.45, 2.75) is 17.4 Å². The smallest absolute Gasteiger partial charge is 0.254 e. The van der Waals surface area contributed by atoms with Crippen LogP contribution in [0, 0.1) is 5.82 Å². The van der Waals surface area contributed by atoms with Crippen molar-refractivity contribution in [3.63, 3.8) is 0 Å². The largest absolute Gasteiger partial charge is 0.345 e. The van der Waals surface area contributed by atoms with E-state index in [0.29, 0.717) is 10.2 Å². The van der Waals surface area contributed by atoms with Crippen LogP contribution in [0.4, 0.5) is 4.39 Å². The van der Waals surface area contributed by atoms with Crippen molar-refractivity contribution in [1.82, 2.24) is 10.3 Å². The number of aromatic nitrogens is 1. The van der Waals surface area contributed by atoms with E-state index in [1.165, 1.54) is 12.1 Å². The van der Waals surface area contributed by atoms with Gasteiger partial charge in [0.1, 0.15) is 10.4 Å². The van der Waals surface area contributed by atoms with Crippen LogP contribution in [-0.4, -0.2) is 16.6 Å². The Morgan fingerprint density at radius 2 is 2.29 bits per heavy atom. The standard InChI is InChI=1S/C15H12BrFN2OS/c16-14-10(2-1-6-18-14)15(20)19-12-5-7-21-13-4-3-9(17)8-11(12)13/h1-4,6,8,12H,5,7H2,(H,19,20). The van der Waals surface area contributed by atoms with Gasteiger partial charge in [-0.2, -0.15) is 0 Å². The monoisotopic (exact) mass is 366 g/mol. The first-order valence-corrected chi connectivity index (χ1v) is 8.26. The molecule has 1 aliphatic heterocycles. The van der Waals surface area contributed by atoms with Crippen LogP contribution in [-0.2, 0) is 0 Å². The molecule has 3 nitrogen and oxygen atoms in total. The topological polar surface area (TPSA) is 42.0 Å². The first kappa shape index (κ1) is 14.5. The van der Waals surface area contributed by atoms with Crippen LogP contribution >= 0.6 is 27.7 Å². The highest BCUT2D eigenvalue weighted by molar-refractivity contribution is 9.10. The Bertz CT molecular complexity index is 695. The molecule has 2 aromatic rings. The predicted octanol–water partition coefficient (Wildman–Crippen LogP) is 3.95. The zero-order valence-corrected chi connectivity index (χ0v) is 13.4. The summed E-state index contributed by atoms with van der Waals surface area (Å²) in [6.07, 6.45) is 2.40. The molecule has 0 aliphatic carbocycles. The van der Waals surface area contributed by atoms with Crippen LogP contribution in [0.2, 0.25) is 0 Å². The van der Waals surface area contributed by atoms with Gasteiger partial charge < -0.3 is 5.32 Å². The number of hydrogen-bond donors (Lipinski definition) is 1. The fraction of sp³-hybridized carbons (Fsp3) is 0.200. The normalized spacial score (nSPS) is 17.1. The lowest BCUT2D eigenvalue weighted by Gasteiger charge is -2.26. The molecule has 0 saturated heterocycles. The fourth-order valence-electron chi connectivity index (χ4n) is 2.31. The maximum Gasteiger partial charge on any atom is 0.254 e. The minimum atomic E-state index is -0.280. The molecule has 1 aliphatic rings. The van der Waals surface area contributed by atoms with Gasteiger partial charge in [0.25, 0.3) is 5.91 Å². The molecule has 108 valence electrons. The molecule has 1 aromatic heterocycles. The van der Waals surface area contributed by atoms with E-state index in [9.17, 15) is 9.18 Å². The summed E-state index contributed by atoms with van der Waals surface area (Å²) < 4.78 is 14.0. The number of rotatable bonds is 2. The van der Waals surface area contributed by atoms with Gasteiger partial charge in [-0.15, -0.1) is 11.8 Å². The third kappa shape index (κ3) is 3.11. The summed E-state index contributed by atoms with van der Waals surface area (Å²) in [7, 11) is 0. The first-order chi connectivity index (χ1) is 10.1. The van der Waals surface area contributed by atoms with Gasteiger partial charge in [-0.05, 0) is 58.2 Å². The minimum Gasteiger partial charge on any atom is -0.345 e. The molecular weight excluding hydrogens is 355 g/mol. The first-order valence-electron chi connectivity index (χ1n) is 6.49. The molecule has 0 fully saturated rings. The number of fused-ring (bicyclic) bond motifs is 1. The van der Waals surface area contributed by atoms with Crippen LogP contribution in [0.1, 0.15) is 28.4 Å². The number of thioether (sulfide) groups is 1. The van der Waals surface area contributed by atoms with Crippen molar-refractivity contribution >= 4 is 33.6 Å². The van der Waals surface area contributed by atoms with Gasteiger partial charge in [-0.3, -0.25) is 4.79 Å². The number of halogens is 2. The van der Waals surface area contributed by atoms with E-state index in [-0.39, 0.29) is 17.8 Å². The van der Waals surface area contributed by atoms with Gasteiger partial charge in [-0.25, -0.2) is 9.37 Å². The number of pyridine rings is 1. The Balaban J connectivity index is 1.85. The summed E-state index contributed by atoms with van der Waals surface area (Å²) in [5.74, 6) is 0.415. The lowest BCUT2D eigenvalue weighted by atomic mass is 10.0. The molecule has 1 aromatic carbocycles. The summed E-state index contributed by atoms with van der Waals surface area (Å²) in [4.78, 5) is 17.4. The summed E-state index contributed by atoms with van der Waals surface area (Å²) in [6.45, 7) is 0. The molecule has 0 saturated carbocycles. The van der Waals surface area contributed by atoms with Crippen molar-refractivity contribution in [2.24, 2.45) is 0 Å². The molecule has 1 atom stereocenters. The van der Waals surface area contributed by atoms with E-state index in [1.54, 1.807) is 36.2 Å². The third-order valence-corrected chi connectivity index (χ3v) is 5.07. The SMILES string of the molecule is O=C(NC1CCSc2ccc(F)cc21)c1cccnc1Br. The molecule has 0 bridgehead atoms. The predicted molar refractivity (Wildman–Crippen MR) is 83.9 cm³/mol. The Morgan fingerprint density at radius 1 is 1.43 bits per heavy atom. The lowest BCUT2D eigenvalue weighted by Crippen LogP contribution is -2.31. The van der Waals surface area contributed by atoms with E-state index in [0.717, 1.165) is 22.6 Å². The number of nitrogens with zero attached hydrogens (tertiary/aromatic N) is 1. The number of carbonyl (C=O) groups is 1. The summed E-state index contributed by atoms with van der Waals surface area (Å²) in [5.41, 5.74) is 1.33. The molecule has 0 spiro atoms. The van der Waals surface area contributed by atoms with Crippen LogP contribution in [0.25, 0.3) is 0 Å². The van der Waals surface area contributed by atoms with Gasteiger partial charge in [0.15, 0.2) is 0 Å². The summed E-state index contributed by atoms with van der Waals surface area (Å²) in [6, 6.07) is 7.98. The van der Waals surface area contributed by atoms with E-state index in [1.807, 2.05) is 0 Å². The highest BCUT2D eigenvalue weighted by atomic mass is 79.9. The number of carbonyl (C=O) groups excluding carboxylic acids is 1. The second-order valence-electron chi connectivity index (χ2n) is 4.69. The Hall–Kier alpha value is -1.40. The maximum atomic E-state index is 13.5. The number of benzene rings is 1.